The largest absolute Gasteiger partial charge is 0.493 e. The minimum Gasteiger partial charge on any atom is -0.493 e. The van der Waals surface area contributed by atoms with E-state index >= 15 is 0 Å². The summed E-state index contributed by atoms with van der Waals surface area (Å²) in [7, 11) is -3.68. The van der Waals surface area contributed by atoms with Crippen molar-refractivity contribution in [3.05, 3.63) is 53.6 Å². The Labute approximate surface area is 195 Å². The summed E-state index contributed by atoms with van der Waals surface area (Å²) in [6.45, 7) is 13.8. The molecular weight excluding hydrogens is 418 g/mol. The van der Waals surface area contributed by atoms with Gasteiger partial charge >= 0.3 is 0 Å². The quantitative estimate of drug-likeness (QED) is 0.448. The number of hydrogen-bond acceptors (Lipinski definition) is 3. The van der Waals surface area contributed by atoms with E-state index < -0.39 is 10.0 Å². The van der Waals surface area contributed by atoms with Crippen molar-refractivity contribution in [1.82, 2.24) is 0 Å². The van der Waals surface area contributed by atoms with Gasteiger partial charge < -0.3 is 4.74 Å². The number of ether oxygens (including phenoxy) is 1. The second kappa shape index (κ2) is 10.3. The molecule has 1 aliphatic carbocycles. The van der Waals surface area contributed by atoms with E-state index in [2.05, 4.69) is 13.8 Å². The zero-order valence-corrected chi connectivity index (χ0v) is 21.3. The topological polar surface area (TPSA) is 46.6 Å². The molecule has 1 saturated carbocycles. The first-order valence-electron chi connectivity index (χ1n) is 11.9. The normalized spacial score (nSPS) is 21.5. The van der Waals surface area contributed by atoms with Crippen LogP contribution in [0.3, 0.4) is 0 Å². The lowest BCUT2D eigenvalue weighted by atomic mass is 9.74. The molecule has 2 unspecified atom stereocenters. The van der Waals surface area contributed by atoms with Crippen LogP contribution in [-0.4, -0.2) is 21.6 Å². The van der Waals surface area contributed by atoms with Crippen LogP contribution in [0.5, 0.6) is 5.75 Å². The highest BCUT2D eigenvalue weighted by molar-refractivity contribution is 7.92. The summed E-state index contributed by atoms with van der Waals surface area (Å²) in [5.74, 6) is 2.82. The van der Waals surface area contributed by atoms with E-state index in [1.807, 2.05) is 45.9 Å². The highest BCUT2D eigenvalue weighted by atomic mass is 32.2. The maximum atomic E-state index is 13.6. The van der Waals surface area contributed by atoms with Crippen LogP contribution >= 0.6 is 0 Å². The van der Waals surface area contributed by atoms with Gasteiger partial charge in [0.05, 0.1) is 17.2 Å². The molecule has 2 atom stereocenters. The lowest BCUT2D eigenvalue weighted by Crippen LogP contribution is -2.34. The van der Waals surface area contributed by atoms with Crippen LogP contribution in [0.2, 0.25) is 0 Å². The Morgan fingerprint density at radius 3 is 2.19 bits per heavy atom. The minimum absolute atomic E-state index is 0.201. The zero-order chi connectivity index (χ0) is 23.5. The maximum Gasteiger partial charge on any atom is 0.264 e. The smallest absolute Gasteiger partial charge is 0.264 e. The Kier molecular flexibility index (Phi) is 7.92. The summed E-state index contributed by atoms with van der Waals surface area (Å²) in [5.41, 5.74) is 2.83. The lowest BCUT2D eigenvalue weighted by molar-refractivity contribution is 0.110. The molecular formula is C27H39NO3S. The van der Waals surface area contributed by atoms with Gasteiger partial charge in [-0.1, -0.05) is 64.7 Å². The van der Waals surface area contributed by atoms with E-state index in [4.69, 9.17) is 4.74 Å². The molecule has 1 fully saturated rings. The molecule has 0 aliphatic heterocycles. The van der Waals surface area contributed by atoms with Crippen molar-refractivity contribution in [2.24, 2.45) is 23.7 Å². The third-order valence-electron chi connectivity index (χ3n) is 6.79. The first-order chi connectivity index (χ1) is 15.1. The van der Waals surface area contributed by atoms with Crippen molar-refractivity contribution in [3.63, 3.8) is 0 Å². The summed E-state index contributed by atoms with van der Waals surface area (Å²) in [6.07, 6.45) is 3.83. The molecule has 176 valence electrons. The molecule has 5 heteroatoms. The Bertz CT molecular complexity index is 988. The Hall–Kier alpha value is -2.01. The van der Waals surface area contributed by atoms with Crippen molar-refractivity contribution in [2.75, 3.05) is 17.5 Å². The second-order valence-electron chi connectivity index (χ2n) is 10.1. The van der Waals surface area contributed by atoms with Gasteiger partial charge in [-0.15, -0.1) is 0 Å². The highest BCUT2D eigenvalue weighted by Crippen LogP contribution is 2.35. The van der Waals surface area contributed by atoms with Gasteiger partial charge in [-0.2, -0.15) is 0 Å². The summed E-state index contributed by atoms with van der Waals surface area (Å²) < 4.78 is 34.8. The molecule has 0 saturated heterocycles. The first-order valence-corrected chi connectivity index (χ1v) is 13.4. The number of benzene rings is 2. The third-order valence-corrected chi connectivity index (χ3v) is 8.58. The molecule has 32 heavy (non-hydrogen) atoms. The van der Waals surface area contributed by atoms with Crippen LogP contribution in [0, 0.1) is 37.5 Å². The van der Waals surface area contributed by atoms with Crippen LogP contribution in [-0.2, 0) is 10.0 Å². The number of nitrogens with zero attached hydrogens (tertiary/aromatic N) is 1. The van der Waals surface area contributed by atoms with Crippen LogP contribution in [0.4, 0.5) is 5.69 Å². The van der Waals surface area contributed by atoms with Gasteiger partial charge in [-0.25, -0.2) is 8.42 Å². The lowest BCUT2D eigenvalue weighted by Gasteiger charge is -2.34. The zero-order valence-electron chi connectivity index (χ0n) is 20.5. The Balaban J connectivity index is 1.80. The number of anilines is 1. The monoisotopic (exact) mass is 457 g/mol. The maximum absolute atomic E-state index is 13.6. The van der Waals surface area contributed by atoms with Gasteiger partial charge in [0.2, 0.25) is 0 Å². The van der Waals surface area contributed by atoms with E-state index in [9.17, 15) is 8.42 Å². The molecule has 3 rings (SSSR count). The van der Waals surface area contributed by atoms with E-state index in [0.29, 0.717) is 35.8 Å². The average molecular weight is 458 g/mol. The highest BCUT2D eigenvalue weighted by Gasteiger charge is 2.29. The predicted octanol–water partition coefficient (Wildman–Crippen LogP) is 6.61. The molecule has 2 aromatic carbocycles. The number of sulfonamides is 1. The fourth-order valence-electron chi connectivity index (χ4n) is 4.85. The fraction of sp³-hybridized carbons (Fsp3) is 0.556. The molecule has 0 aromatic heterocycles. The van der Waals surface area contributed by atoms with Gasteiger partial charge in [0, 0.05) is 6.54 Å². The van der Waals surface area contributed by atoms with E-state index in [0.717, 1.165) is 22.6 Å². The Morgan fingerprint density at radius 2 is 1.62 bits per heavy atom. The van der Waals surface area contributed by atoms with Gasteiger partial charge in [0.15, 0.2) is 0 Å². The van der Waals surface area contributed by atoms with Crippen LogP contribution in [0.15, 0.2) is 47.4 Å². The molecule has 0 amide bonds. The third kappa shape index (κ3) is 5.67. The molecule has 0 spiro atoms. The van der Waals surface area contributed by atoms with Crippen molar-refractivity contribution in [3.8, 4) is 5.75 Å². The van der Waals surface area contributed by atoms with Crippen LogP contribution in [0.1, 0.15) is 58.1 Å². The number of hydrogen-bond donors (Lipinski definition) is 0. The summed E-state index contributed by atoms with van der Waals surface area (Å²) >= 11 is 0. The van der Waals surface area contributed by atoms with Crippen molar-refractivity contribution in [2.45, 2.75) is 65.7 Å². The average Bonchev–Trinajstić information content (AvgIpc) is 2.72. The second-order valence-corrected chi connectivity index (χ2v) is 11.9. The van der Waals surface area contributed by atoms with E-state index in [1.165, 1.54) is 19.3 Å². The minimum atomic E-state index is -3.68. The van der Waals surface area contributed by atoms with Crippen molar-refractivity contribution in [1.29, 1.82) is 0 Å². The van der Waals surface area contributed by atoms with E-state index in [-0.39, 0.29) is 5.92 Å². The van der Waals surface area contributed by atoms with E-state index in [1.54, 1.807) is 28.6 Å². The standard InChI is InChI=1S/C27H39NO3S/c1-19(2)17-28(27-15-10-20(3)16-23(27)6)32(29,30)25-13-11-24(12-14-25)31-18-26-21(4)8-7-9-22(26)5/h10-16,19,21-22,26H,7-9,17-18H2,1-6H3. The predicted molar refractivity (Wildman–Crippen MR) is 133 cm³/mol. The van der Waals surface area contributed by atoms with Crippen LogP contribution in [0.25, 0.3) is 0 Å². The number of rotatable bonds is 8. The summed E-state index contributed by atoms with van der Waals surface area (Å²) in [5, 5.41) is 0. The van der Waals surface area contributed by atoms with Gasteiger partial charge in [0.1, 0.15) is 5.75 Å². The van der Waals surface area contributed by atoms with Crippen molar-refractivity contribution >= 4 is 15.7 Å². The summed E-state index contributed by atoms with van der Waals surface area (Å²) in [6, 6.07) is 12.8. The molecule has 0 radical (unpaired) electrons. The van der Waals surface area contributed by atoms with Crippen LogP contribution < -0.4 is 9.04 Å². The molecule has 2 aromatic rings. The van der Waals surface area contributed by atoms with Gasteiger partial charge in [-0.3, -0.25) is 4.31 Å². The molecule has 0 N–H and O–H groups in total. The first kappa shape index (κ1) is 24.6. The molecule has 0 heterocycles. The Morgan fingerprint density at radius 1 is 1.00 bits per heavy atom. The number of aryl methyl sites for hydroxylation is 2. The summed E-state index contributed by atoms with van der Waals surface area (Å²) in [4.78, 5) is 0.296. The molecule has 1 aliphatic rings. The molecule has 4 nitrogen and oxygen atoms in total. The SMILES string of the molecule is Cc1ccc(N(CC(C)C)S(=O)(=O)c2ccc(OCC3C(C)CCCC3C)cc2)c(C)c1. The van der Waals surface area contributed by atoms with Gasteiger partial charge in [-0.05, 0) is 73.4 Å². The molecule has 0 bridgehead atoms. The fourth-order valence-corrected chi connectivity index (χ4v) is 6.54. The van der Waals surface area contributed by atoms with Crippen molar-refractivity contribution < 1.29 is 13.2 Å². The van der Waals surface area contributed by atoms with Gasteiger partial charge in [0.25, 0.3) is 10.0 Å².